The van der Waals surface area contributed by atoms with Crippen LogP contribution in [0.4, 0.5) is 0 Å². The fourth-order valence-corrected chi connectivity index (χ4v) is 2.30. The molecule has 1 aliphatic carbocycles. The summed E-state index contributed by atoms with van der Waals surface area (Å²) in [5.41, 5.74) is 1.27. The molecule has 16 heavy (non-hydrogen) atoms. The van der Waals surface area contributed by atoms with Gasteiger partial charge in [-0.3, -0.25) is 0 Å². The lowest BCUT2D eigenvalue weighted by Crippen LogP contribution is -2.28. The maximum Gasteiger partial charge on any atom is 0.0437 e. The number of benzene rings is 1. The fraction of sp³-hybridized carbons (Fsp3) is 0.571. The topological polar surface area (TPSA) is 12.0 Å². The van der Waals surface area contributed by atoms with Gasteiger partial charge in [0.1, 0.15) is 0 Å². The summed E-state index contributed by atoms with van der Waals surface area (Å²) < 4.78 is 0. The van der Waals surface area contributed by atoms with Gasteiger partial charge < -0.3 is 5.32 Å². The molecule has 0 aromatic heterocycles. The zero-order valence-corrected chi connectivity index (χ0v) is 10.6. The average molecular weight is 238 g/mol. The van der Waals surface area contributed by atoms with Crippen molar-refractivity contribution in [2.45, 2.75) is 38.6 Å². The second-order valence-corrected chi connectivity index (χ2v) is 5.18. The summed E-state index contributed by atoms with van der Waals surface area (Å²) in [6.45, 7) is 3.40. The fourth-order valence-electron chi connectivity index (χ4n) is 2.07. The molecule has 1 atom stereocenters. The SMILES string of the molecule is CC(NCCCc1ccccc1Cl)C1CC1. The molecule has 88 valence electrons. The summed E-state index contributed by atoms with van der Waals surface area (Å²) in [7, 11) is 0. The summed E-state index contributed by atoms with van der Waals surface area (Å²) >= 11 is 6.11. The molecule has 2 rings (SSSR count). The highest BCUT2D eigenvalue weighted by molar-refractivity contribution is 6.31. The molecule has 0 heterocycles. The lowest BCUT2D eigenvalue weighted by molar-refractivity contribution is 0.490. The van der Waals surface area contributed by atoms with Crippen LogP contribution >= 0.6 is 11.6 Å². The molecule has 1 nitrogen and oxygen atoms in total. The molecular weight excluding hydrogens is 218 g/mol. The number of nitrogens with one attached hydrogen (secondary N) is 1. The molecule has 1 aliphatic rings. The molecule has 0 saturated heterocycles. The first-order chi connectivity index (χ1) is 7.77. The normalized spacial score (nSPS) is 17.4. The minimum absolute atomic E-state index is 0.700. The molecule has 1 aromatic carbocycles. The Hall–Kier alpha value is -0.530. The number of aryl methyl sites for hydroxylation is 1. The first-order valence-electron chi connectivity index (χ1n) is 6.24. The average Bonchev–Trinajstić information content (AvgIpc) is 3.10. The van der Waals surface area contributed by atoms with Crippen LogP contribution in [-0.4, -0.2) is 12.6 Å². The van der Waals surface area contributed by atoms with E-state index in [4.69, 9.17) is 11.6 Å². The maximum absolute atomic E-state index is 6.11. The number of rotatable bonds is 6. The van der Waals surface area contributed by atoms with E-state index in [2.05, 4.69) is 24.4 Å². The Morgan fingerprint density at radius 3 is 2.81 bits per heavy atom. The number of hydrogen-bond acceptors (Lipinski definition) is 1. The van der Waals surface area contributed by atoms with E-state index in [0.717, 1.165) is 23.9 Å². The second kappa shape index (κ2) is 5.70. The van der Waals surface area contributed by atoms with Crippen molar-refractivity contribution < 1.29 is 0 Å². The van der Waals surface area contributed by atoms with Crippen LogP contribution in [0.5, 0.6) is 0 Å². The molecule has 0 amide bonds. The smallest absolute Gasteiger partial charge is 0.0437 e. The van der Waals surface area contributed by atoms with Crippen molar-refractivity contribution in [2.75, 3.05) is 6.54 Å². The van der Waals surface area contributed by atoms with Gasteiger partial charge in [-0.25, -0.2) is 0 Å². The van der Waals surface area contributed by atoms with Crippen molar-refractivity contribution in [1.29, 1.82) is 0 Å². The van der Waals surface area contributed by atoms with Crippen molar-refractivity contribution in [3.8, 4) is 0 Å². The molecule has 1 fully saturated rings. The Balaban J connectivity index is 1.66. The van der Waals surface area contributed by atoms with Gasteiger partial charge in [-0.15, -0.1) is 0 Å². The van der Waals surface area contributed by atoms with Crippen molar-refractivity contribution in [2.24, 2.45) is 5.92 Å². The van der Waals surface area contributed by atoms with Gasteiger partial charge in [-0.1, -0.05) is 29.8 Å². The molecule has 1 unspecified atom stereocenters. The summed E-state index contributed by atoms with van der Waals surface area (Å²) in [5.74, 6) is 0.945. The van der Waals surface area contributed by atoms with E-state index in [1.54, 1.807) is 0 Å². The van der Waals surface area contributed by atoms with Crippen molar-refractivity contribution in [1.82, 2.24) is 5.32 Å². The van der Waals surface area contributed by atoms with Crippen LogP contribution in [0.2, 0.25) is 5.02 Å². The van der Waals surface area contributed by atoms with Crippen LogP contribution < -0.4 is 5.32 Å². The predicted octanol–water partition coefficient (Wildman–Crippen LogP) is 3.66. The Morgan fingerprint density at radius 2 is 2.12 bits per heavy atom. The zero-order chi connectivity index (χ0) is 11.4. The molecular formula is C14H20ClN. The van der Waals surface area contributed by atoms with Gasteiger partial charge in [-0.05, 0) is 56.7 Å². The Labute approximate surface area is 103 Å². The van der Waals surface area contributed by atoms with E-state index in [0.29, 0.717) is 6.04 Å². The Kier molecular flexibility index (Phi) is 4.25. The minimum Gasteiger partial charge on any atom is -0.314 e. The predicted molar refractivity (Wildman–Crippen MR) is 70.0 cm³/mol. The second-order valence-electron chi connectivity index (χ2n) is 4.78. The third-order valence-electron chi connectivity index (χ3n) is 3.38. The number of halogens is 1. The van der Waals surface area contributed by atoms with Gasteiger partial charge in [0.05, 0.1) is 0 Å². The zero-order valence-electron chi connectivity index (χ0n) is 9.88. The van der Waals surface area contributed by atoms with Gasteiger partial charge in [-0.2, -0.15) is 0 Å². The first-order valence-corrected chi connectivity index (χ1v) is 6.62. The van der Waals surface area contributed by atoms with Gasteiger partial charge in [0.2, 0.25) is 0 Å². The van der Waals surface area contributed by atoms with E-state index < -0.39 is 0 Å². The lowest BCUT2D eigenvalue weighted by atomic mass is 10.1. The van der Waals surface area contributed by atoms with E-state index in [9.17, 15) is 0 Å². The third-order valence-corrected chi connectivity index (χ3v) is 3.74. The van der Waals surface area contributed by atoms with Crippen LogP contribution in [0.25, 0.3) is 0 Å². The van der Waals surface area contributed by atoms with E-state index >= 15 is 0 Å². The largest absolute Gasteiger partial charge is 0.314 e. The summed E-state index contributed by atoms with van der Waals surface area (Å²) in [6.07, 6.45) is 5.07. The molecule has 1 N–H and O–H groups in total. The van der Waals surface area contributed by atoms with Crippen LogP contribution in [0, 0.1) is 5.92 Å². The van der Waals surface area contributed by atoms with E-state index in [1.165, 1.54) is 24.8 Å². The van der Waals surface area contributed by atoms with Gasteiger partial charge >= 0.3 is 0 Å². The van der Waals surface area contributed by atoms with Crippen molar-refractivity contribution in [3.63, 3.8) is 0 Å². The number of hydrogen-bond donors (Lipinski definition) is 1. The molecule has 0 bridgehead atoms. The monoisotopic (exact) mass is 237 g/mol. The molecule has 1 saturated carbocycles. The molecule has 0 spiro atoms. The Bertz CT molecular complexity index is 333. The van der Waals surface area contributed by atoms with E-state index in [1.807, 2.05) is 12.1 Å². The molecule has 2 heteroatoms. The van der Waals surface area contributed by atoms with Crippen molar-refractivity contribution >= 4 is 11.6 Å². The van der Waals surface area contributed by atoms with Crippen molar-refractivity contribution in [3.05, 3.63) is 34.9 Å². The lowest BCUT2D eigenvalue weighted by Gasteiger charge is -2.12. The summed E-state index contributed by atoms with van der Waals surface area (Å²) in [4.78, 5) is 0. The summed E-state index contributed by atoms with van der Waals surface area (Å²) in [5, 5.41) is 4.49. The minimum atomic E-state index is 0.700. The first kappa shape index (κ1) is 11.9. The Morgan fingerprint density at radius 1 is 1.38 bits per heavy atom. The highest BCUT2D eigenvalue weighted by atomic mass is 35.5. The highest BCUT2D eigenvalue weighted by Gasteiger charge is 2.26. The third kappa shape index (κ3) is 3.50. The molecule has 0 aliphatic heterocycles. The van der Waals surface area contributed by atoms with Crippen LogP contribution in [0.15, 0.2) is 24.3 Å². The van der Waals surface area contributed by atoms with Crippen LogP contribution in [0.3, 0.4) is 0 Å². The van der Waals surface area contributed by atoms with Gasteiger partial charge in [0.25, 0.3) is 0 Å². The molecule has 0 radical (unpaired) electrons. The maximum atomic E-state index is 6.11. The van der Waals surface area contributed by atoms with E-state index in [-0.39, 0.29) is 0 Å². The standard InChI is InChI=1S/C14H20ClN/c1-11(12-8-9-12)16-10-4-6-13-5-2-3-7-14(13)15/h2-3,5,7,11-12,16H,4,6,8-10H2,1H3. The van der Waals surface area contributed by atoms with Crippen LogP contribution in [0.1, 0.15) is 31.7 Å². The quantitative estimate of drug-likeness (QED) is 0.745. The summed E-state index contributed by atoms with van der Waals surface area (Å²) in [6, 6.07) is 8.83. The molecule has 1 aromatic rings. The highest BCUT2D eigenvalue weighted by Crippen LogP contribution is 2.32. The van der Waals surface area contributed by atoms with Crippen LogP contribution in [-0.2, 0) is 6.42 Å². The van der Waals surface area contributed by atoms with Gasteiger partial charge in [0, 0.05) is 11.1 Å². The van der Waals surface area contributed by atoms with Gasteiger partial charge in [0.15, 0.2) is 0 Å².